The van der Waals surface area contributed by atoms with Crippen molar-refractivity contribution in [2.75, 3.05) is 0 Å². The lowest BCUT2D eigenvalue weighted by atomic mass is 10.1. The number of rotatable bonds is 4. The van der Waals surface area contributed by atoms with Gasteiger partial charge in [-0.15, -0.1) is 0 Å². The molecule has 17 heavy (non-hydrogen) atoms. The molecule has 0 N–H and O–H groups in total. The number of thioether (sulfide) groups is 1. The Bertz CT molecular complexity index is 477. The highest BCUT2D eigenvalue weighted by molar-refractivity contribution is 14.1. The van der Waals surface area contributed by atoms with Gasteiger partial charge < -0.3 is 0 Å². The molecule has 0 atom stereocenters. The summed E-state index contributed by atoms with van der Waals surface area (Å²) in [7, 11) is 0. The third-order valence-electron chi connectivity index (χ3n) is 2.70. The fraction of sp³-hybridized carbons (Fsp3) is 0.200. The van der Waals surface area contributed by atoms with Crippen LogP contribution in [0.3, 0.4) is 0 Å². The molecule has 0 saturated heterocycles. The van der Waals surface area contributed by atoms with E-state index in [4.69, 9.17) is 0 Å². The van der Waals surface area contributed by atoms with Gasteiger partial charge in [0.25, 0.3) is 0 Å². The molecule has 0 aromatic heterocycles. The van der Waals surface area contributed by atoms with Crippen LogP contribution in [0.25, 0.3) is 0 Å². The van der Waals surface area contributed by atoms with Gasteiger partial charge in [0.1, 0.15) is 0 Å². The summed E-state index contributed by atoms with van der Waals surface area (Å²) in [6.45, 7) is 2.18. The number of halogens is 1. The highest BCUT2D eigenvalue weighted by Gasteiger charge is 1.98. The van der Waals surface area contributed by atoms with Crippen molar-refractivity contribution in [2.45, 2.75) is 18.4 Å². The number of hydrogen-bond acceptors (Lipinski definition) is 1. The van der Waals surface area contributed by atoms with E-state index < -0.39 is 0 Å². The second kappa shape index (κ2) is 6.45. The summed E-state index contributed by atoms with van der Waals surface area (Å²) in [6, 6.07) is 17.4. The van der Waals surface area contributed by atoms with E-state index in [1.165, 1.54) is 20.3 Å². The van der Waals surface area contributed by atoms with Crippen LogP contribution in [0, 0.1) is 10.5 Å². The number of aryl methyl sites for hydroxylation is 1. The molecule has 2 heteroatoms. The summed E-state index contributed by atoms with van der Waals surface area (Å²) in [4.78, 5) is 0. The Morgan fingerprint density at radius 3 is 2.35 bits per heavy atom. The molecule has 0 aliphatic carbocycles. The van der Waals surface area contributed by atoms with Crippen LogP contribution < -0.4 is 0 Å². The summed E-state index contributed by atoms with van der Waals surface area (Å²) in [5.74, 6) is 2.18. The number of benzene rings is 2. The molecule has 2 aromatic rings. The first-order valence-corrected chi connectivity index (χ1v) is 7.86. The van der Waals surface area contributed by atoms with Gasteiger partial charge in [0.2, 0.25) is 0 Å². The van der Waals surface area contributed by atoms with E-state index in [0.717, 1.165) is 11.5 Å². The predicted octanol–water partition coefficient (Wildman–Crippen LogP) is 5.03. The topological polar surface area (TPSA) is 0 Å². The largest absolute Gasteiger partial charge is 0.152 e. The van der Waals surface area contributed by atoms with Crippen molar-refractivity contribution in [3.63, 3.8) is 0 Å². The van der Waals surface area contributed by atoms with Gasteiger partial charge in [-0.1, -0.05) is 36.4 Å². The Labute approximate surface area is 121 Å². The van der Waals surface area contributed by atoms with Gasteiger partial charge in [0.15, 0.2) is 0 Å². The average molecular weight is 354 g/mol. The molecule has 0 unspecified atom stereocenters. The van der Waals surface area contributed by atoms with E-state index >= 15 is 0 Å². The molecule has 88 valence electrons. The van der Waals surface area contributed by atoms with Crippen molar-refractivity contribution in [3.8, 4) is 0 Å². The Balaban J connectivity index is 1.88. The average Bonchev–Trinajstić information content (AvgIpc) is 2.34. The van der Waals surface area contributed by atoms with Crippen LogP contribution in [0.1, 0.15) is 16.7 Å². The van der Waals surface area contributed by atoms with Gasteiger partial charge in [-0.05, 0) is 58.3 Å². The zero-order valence-corrected chi connectivity index (χ0v) is 12.8. The first kappa shape index (κ1) is 13.0. The normalized spacial score (nSPS) is 10.5. The third-order valence-corrected chi connectivity index (χ3v) is 4.47. The van der Waals surface area contributed by atoms with Crippen LogP contribution in [0.4, 0.5) is 0 Å². The van der Waals surface area contributed by atoms with Crippen molar-refractivity contribution < 1.29 is 0 Å². The van der Waals surface area contributed by atoms with Crippen LogP contribution in [0.5, 0.6) is 0 Å². The van der Waals surface area contributed by atoms with E-state index in [1.54, 1.807) is 0 Å². The van der Waals surface area contributed by atoms with Gasteiger partial charge in [0.05, 0.1) is 0 Å². The molecule has 0 bridgehead atoms. The van der Waals surface area contributed by atoms with E-state index in [-0.39, 0.29) is 0 Å². The fourth-order valence-electron chi connectivity index (χ4n) is 1.63. The molecular formula is C15H15IS. The van der Waals surface area contributed by atoms with Gasteiger partial charge >= 0.3 is 0 Å². The third kappa shape index (κ3) is 4.03. The quantitative estimate of drug-likeness (QED) is 0.694. The molecular weight excluding hydrogens is 339 g/mol. The van der Waals surface area contributed by atoms with Crippen LogP contribution in [-0.4, -0.2) is 0 Å². The molecule has 0 aliphatic rings. The summed E-state index contributed by atoms with van der Waals surface area (Å²) < 4.78 is 1.30. The SMILES string of the molecule is Cc1ccccc1CSCc1ccc(I)cc1. The second-order valence-electron chi connectivity index (χ2n) is 4.05. The molecule has 0 heterocycles. The molecule has 0 amide bonds. The van der Waals surface area contributed by atoms with Crippen molar-refractivity contribution in [1.82, 2.24) is 0 Å². The monoisotopic (exact) mass is 354 g/mol. The Hall–Kier alpha value is -0.480. The zero-order chi connectivity index (χ0) is 12.1. The molecule has 0 saturated carbocycles. The van der Waals surface area contributed by atoms with Gasteiger partial charge in [-0.3, -0.25) is 0 Å². The molecule has 2 aromatic carbocycles. The predicted molar refractivity (Wildman–Crippen MR) is 85.3 cm³/mol. The summed E-state index contributed by atoms with van der Waals surface area (Å²) in [5.41, 5.74) is 4.25. The van der Waals surface area contributed by atoms with Gasteiger partial charge in [0, 0.05) is 15.1 Å². The highest BCUT2D eigenvalue weighted by Crippen LogP contribution is 2.20. The Morgan fingerprint density at radius 2 is 1.65 bits per heavy atom. The van der Waals surface area contributed by atoms with Crippen molar-refractivity contribution in [2.24, 2.45) is 0 Å². The standard InChI is InChI=1S/C15H15IS/c1-12-4-2-3-5-14(12)11-17-10-13-6-8-15(16)9-7-13/h2-9H,10-11H2,1H3. The molecule has 0 spiro atoms. The molecule has 0 aliphatic heterocycles. The van der Waals surface area contributed by atoms with Crippen molar-refractivity contribution in [3.05, 3.63) is 68.8 Å². The summed E-state index contributed by atoms with van der Waals surface area (Å²) in [5, 5.41) is 0. The lowest BCUT2D eigenvalue weighted by Crippen LogP contribution is -1.87. The van der Waals surface area contributed by atoms with Crippen molar-refractivity contribution in [1.29, 1.82) is 0 Å². The minimum atomic E-state index is 1.09. The van der Waals surface area contributed by atoms with Crippen LogP contribution in [0.2, 0.25) is 0 Å². The van der Waals surface area contributed by atoms with Crippen LogP contribution >= 0.6 is 34.4 Å². The second-order valence-corrected chi connectivity index (χ2v) is 6.28. The molecule has 2 rings (SSSR count). The number of hydrogen-bond donors (Lipinski definition) is 0. The zero-order valence-electron chi connectivity index (χ0n) is 9.82. The Kier molecular flexibility index (Phi) is 4.92. The molecule has 0 nitrogen and oxygen atoms in total. The van der Waals surface area contributed by atoms with Crippen LogP contribution in [0.15, 0.2) is 48.5 Å². The smallest absolute Gasteiger partial charge is 0.0190 e. The van der Waals surface area contributed by atoms with E-state index in [0.29, 0.717) is 0 Å². The fourth-order valence-corrected chi connectivity index (χ4v) is 3.07. The first-order chi connectivity index (χ1) is 8.25. The lowest BCUT2D eigenvalue weighted by Gasteiger charge is -2.05. The summed E-state index contributed by atoms with van der Waals surface area (Å²) in [6.07, 6.45) is 0. The van der Waals surface area contributed by atoms with Crippen molar-refractivity contribution >= 4 is 34.4 Å². The summed E-state index contributed by atoms with van der Waals surface area (Å²) >= 11 is 4.32. The minimum Gasteiger partial charge on any atom is -0.152 e. The van der Waals surface area contributed by atoms with Crippen LogP contribution in [-0.2, 0) is 11.5 Å². The highest BCUT2D eigenvalue weighted by atomic mass is 127. The maximum Gasteiger partial charge on any atom is 0.0190 e. The maximum atomic E-state index is 2.34. The molecule has 0 fully saturated rings. The molecule has 0 radical (unpaired) electrons. The van der Waals surface area contributed by atoms with Gasteiger partial charge in [-0.2, -0.15) is 11.8 Å². The van der Waals surface area contributed by atoms with E-state index in [2.05, 4.69) is 78.0 Å². The van der Waals surface area contributed by atoms with E-state index in [9.17, 15) is 0 Å². The van der Waals surface area contributed by atoms with Gasteiger partial charge in [-0.25, -0.2) is 0 Å². The first-order valence-electron chi connectivity index (χ1n) is 5.62. The minimum absolute atomic E-state index is 1.09. The van der Waals surface area contributed by atoms with E-state index in [1.807, 2.05) is 11.8 Å². The Morgan fingerprint density at radius 1 is 0.941 bits per heavy atom. The lowest BCUT2D eigenvalue weighted by molar-refractivity contribution is 1.29. The maximum absolute atomic E-state index is 2.34.